The van der Waals surface area contributed by atoms with Crippen molar-refractivity contribution in [3.8, 4) is 0 Å². The maximum absolute atomic E-state index is 12.4. The monoisotopic (exact) mass is 397 g/mol. The van der Waals surface area contributed by atoms with Gasteiger partial charge < -0.3 is 10.1 Å². The van der Waals surface area contributed by atoms with E-state index in [-0.39, 0.29) is 17.3 Å². The third kappa shape index (κ3) is 4.53. The van der Waals surface area contributed by atoms with Crippen molar-refractivity contribution in [1.82, 2.24) is 0 Å². The second kappa shape index (κ2) is 8.31. The Morgan fingerprint density at radius 2 is 1.89 bits per heavy atom. The maximum Gasteiger partial charge on any atom is 0.341 e. The van der Waals surface area contributed by atoms with Crippen LogP contribution in [0.4, 0.5) is 5.00 Å². The number of benzene rings is 1. The molecule has 28 heavy (non-hydrogen) atoms. The Balaban J connectivity index is 1.73. The molecule has 0 saturated heterocycles. The highest BCUT2D eigenvalue weighted by molar-refractivity contribution is 7.17. The lowest BCUT2D eigenvalue weighted by Crippen LogP contribution is -2.13. The molecule has 0 fully saturated rings. The predicted octanol–water partition coefficient (Wildman–Crippen LogP) is 5.36. The second-order valence-corrected chi connectivity index (χ2v) is 9.08. The quantitative estimate of drug-likeness (QED) is 0.546. The second-order valence-electron chi connectivity index (χ2n) is 7.98. The molecule has 0 saturated carbocycles. The highest BCUT2D eigenvalue weighted by atomic mass is 32.1. The highest BCUT2D eigenvalue weighted by Gasteiger charge is 2.28. The molecule has 0 bridgehead atoms. The van der Waals surface area contributed by atoms with E-state index in [1.807, 2.05) is 12.1 Å². The Kier molecular flexibility index (Phi) is 6.04. The third-order valence-electron chi connectivity index (χ3n) is 4.84. The van der Waals surface area contributed by atoms with E-state index in [4.69, 9.17) is 4.74 Å². The van der Waals surface area contributed by atoms with Crippen LogP contribution in [0.5, 0.6) is 0 Å². The molecule has 1 aliphatic carbocycles. The van der Waals surface area contributed by atoms with E-state index < -0.39 is 0 Å². The number of esters is 1. The van der Waals surface area contributed by atoms with Gasteiger partial charge in [-0.1, -0.05) is 45.0 Å². The summed E-state index contributed by atoms with van der Waals surface area (Å²) in [6.07, 6.45) is 6.16. The summed E-state index contributed by atoms with van der Waals surface area (Å²) in [6, 6.07) is 8.18. The molecule has 148 valence electrons. The van der Waals surface area contributed by atoms with E-state index >= 15 is 0 Å². The van der Waals surface area contributed by atoms with Crippen LogP contribution in [0.1, 0.15) is 66.0 Å². The van der Waals surface area contributed by atoms with Crippen LogP contribution in [0.25, 0.3) is 6.08 Å². The maximum atomic E-state index is 12.4. The van der Waals surface area contributed by atoms with Crippen molar-refractivity contribution >= 4 is 34.3 Å². The summed E-state index contributed by atoms with van der Waals surface area (Å²) < 4.78 is 5.20. The van der Waals surface area contributed by atoms with Gasteiger partial charge in [0.2, 0.25) is 5.91 Å². The molecule has 1 heterocycles. The molecule has 0 atom stereocenters. The summed E-state index contributed by atoms with van der Waals surface area (Å²) in [4.78, 5) is 26.0. The average molecular weight is 398 g/mol. The molecule has 0 aliphatic heterocycles. The van der Waals surface area contributed by atoms with Crippen molar-refractivity contribution in [3.63, 3.8) is 0 Å². The zero-order chi connectivity index (χ0) is 20.3. The smallest absolute Gasteiger partial charge is 0.341 e. The Hall–Kier alpha value is -2.40. The normalized spacial score (nSPS) is 13.6. The molecule has 1 aromatic heterocycles. The van der Waals surface area contributed by atoms with Crippen LogP contribution in [-0.2, 0) is 27.8 Å². The zero-order valence-corrected chi connectivity index (χ0v) is 17.7. The van der Waals surface area contributed by atoms with Crippen molar-refractivity contribution in [2.24, 2.45) is 0 Å². The molecular formula is C23H27NO3S. The number of amides is 1. The number of carbonyl (C=O) groups excluding carboxylic acids is 2. The van der Waals surface area contributed by atoms with Crippen LogP contribution in [-0.4, -0.2) is 18.5 Å². The van der Waals surface area contributed by atoms with Crippen LogP contribution in [0, 0.1) is 0 Å². The number of hydrogen-bond acceptors (Lipinski definition) is 4. The van der Waals surface area contributed by atoms with Gasteiger partial charge in [-0.3, -0.25) is 4.79 Å². The lowest BCUT2D eigenvalue weighted by molar-refractivity contribution is -0.111. The SMILES string of the molecule is CCOC(=O)c1c(NC(=O)/C=C/c2ccc(C(C)(C)C)cc2)sc2c1CCC2. The third-order valence-corrected chi connectivity index (χ3v) is 6.05. The first-order valence-corrected chi connectivity index (χ1v) is 10.5. The van der Waals surface area contributed by atoms with Gasteiger partial charge in [-0.05, 0) is 54.4 Å². The van der Waals surface area contributed by atoms with Crippen LogP contribution in [0.15, 0.2) is 30.3 Å². The highest BCUT2D eigenvalue weighted by Crippen LogP contribution is 2.39. The first kappa shape index (κ1) is 20.3. The van der Waals surface area contributed by atoms with Gasteiger partial charge in [0.25, 0.3) is 0 Å². The Morgan fingerprint density at radius 3 is 2.54 bits per heavy atom. The summed E-state index contributed by atoms with van der Waals surface area (Å²) in [7, 11) is 0. The number of aryl methyl sites for hydroxylation is 1. The van der Waals surface area contributed by atoms with E-state index in [1.54, 1.807) is 13.0 Å². The summed E-state index contributed by atoms with van der Waals surface area (Å²) >= 11 is 1.49. The van der Waals surface area contributed by atoms with E-state index in [2.05, 4.69) is 38.2 Å². The number of carbonyl (C=O) groups is 2. The van der Waals surface area contributed by atoms with Crippen LogP contribution >= 0.6 is 11.3 Å². The van der Waals surface area contributed by atoms with Crippen molar-refractivity contribution < 1.29 is 14.3 Å². The fraction of sp³-hybridized carbons (Fsp3) is 0.391. The van der Waals surface area contributed by atoms with Crippen LogP contribution < -0.4 is 5.32 Å². The number of anilines is 1. The van der Waals surface area contributed by atoms with Gasteiger partial charge in [-0.2, -0.15) is 0 Å². The minimum Gasteiger partial charge on any atom is -0.462 e. The number of rotatable bonds is 5. The van der Waals surface area contributed by atoms with Gasteiger partial charge in [0.1, 0.15) is 5.00 Å². The standard InChI is InChI=1S/C23H27NO3S/c1-5-27-22(26)20-17-7-6-8-18(17)28-21(20)24-19(25)14-11-15-9-12-16(13-10-15)23(2,3)4/h9-14H,5-8H2,1-4H3,(H,24,25)/b14-11+. The Bertz CT molecular complexity index is 901. The number of thiophene rings is 1. The molecule has 5 heteroatoms. The topological polar surface area (TPSA) is 55.4 Å². The van der Waals surface area contributed by atoms with Crippen molar-refractivity contribution in [2.45, 2.75) is 52.4 Å². The van der Waals surface area contributed by atoms with Crippen LogP contribution in [0.2, 0.25) is 0 Å². The Labute approximate surface area is 170 Å². The first-order chi connectivity index (χ1) is 13.3. The number of fused-ring (bicyclic) bond motifs is 1. The average Bonchev–Trinajstić information content (AvgIpc) is 3.20. The lowest BCUT2D eigenvalue weighted by atomic mass is 9.87. The molecule has 0 unspecified atom stereocenters. The summed E-state index contributed by atoms with van der Waals surface area (Å²) in [5.41, 5.74) is 3.89. The number of ether oxygens (including phenoxy) is 1. The summed E-state index contributed by atoms with van der Waals surface area (Å²) in [6.45, 7) is 8.62. The fourth-order valence-corrected chi connectivity index (χ4v) is 4.61. The van der Waals surface area contributed by atoms with Crippen molar-refractivity contribution in [2.75, 3.05) is 11.9 Å². The fourth-order valence-electron chi connectivity index (χ4n) is 3.33. The van der Waals surface area contributed by atoms with Gasteiger partial charge in [0.15, 0.2) is 0 Å². The summed E-state index contributed by atoms with van der Waals surface area (Å²) in [5, 5.41) is 3.48. The number of nitrogens with one attached hydrogen (secondary N) is 1. The minimum absolute atomic E-state index is 0.0999. The molecular weight excluding hydrogens is 370 g/mol. The molecule has 0 spiro atoms. The van der Waals surface area contributed by atoms with E-state index in [9.17, 15) is 9.59 Å². The van der Waals surface area contributed by atoms with Gasteiger partial charge in [-0.25, -0.2) is 4.79 Å². The molecule has 1 aliphatic rings. The van der Waals surface area contributed by atoms with E-state index in [0.29, 0.717) is 17.2 Å². The summed E-state index contributed by atoms with van der Waals surface area (Å²) in [5.74, 6) is -0.593. The van der Waals surface area contributed by atoms with Crippen molar-refractivity contribution in [1.29, 1.82) is 0 Å². The van der Waals surface area contributed by atoms with E-state index in [1.165, 1.54) is 27.9 Å². The Morgan fingerprint density at radius 1 is 1.18 bits per heavy atom. The zero-order valence-electron chi connectivity index (χ0n) is 16.9. The van der Waals surface area contributed by atoms with Gasteiger partial charge in [0, 0.05) is 11.0 Å². The van der Waals surface area contributed by atoms with Crippen LogP contribution in [0.3, 0.4) is 0 Å². The lowest BCUT2D eigenvalue weighted by Gasteiger charge is -2.18. The largest absolute Gasteiger partial charge is 0.462 e. The van der Waals surface area contributed by atoms with Gasteiger partial charge >= 0.3 is 5.97 Å². The number of hydrogen-bond donors (Lipinski definition) is 1. The molecule has 3 rings (SSSR count). The first-order valence-electron chi connectivity index (χ1n) is 9.71. The molecule has 2 aromatic rings. The molecule has 1 aromatic carbocycles. The molecule has 4 nitrogen and oxygen atoms in total. The van der Waals surface area contributed by atoms with Crippen molar-refractivity contribution in [3.05, 3.63) is 57.5 Å². The van der Waals surface area contributed by atoms with E-state index in [0.717, 1.165) is 30.4 Å². The molecule has 1 N–H and O–H groups in total. The molecule has 0 radical (unpaired) electrons. The minimum atomic E-state index is -0.348. The van der Waals surface area contributed by atoms with Gasteiger partial charge in [-0.15, -0.1) is 11.3 Å². The molecule has 1 amide bonds. The van der Waals surface area contributed by atoms with Gasteiger partial charge in [0.05, 0.1) is 12.2 Å². The predicted molar refractivity (Wildman–Crippen MR) is 115 cm³/mol.